The predicted octanol–water partition coefficient (Wildman–Crippen LogP) is 4.26. The third kappa shape index (κ3) is 1.96. The van der Waals surface area contributed by atoms with Crippen molar-refractivity contribution in [1.29, 1.82) is 0 Å². The molecule has 0 saturated heterocycles. The van der Waals surface area contributed by atoms with E-state index in [0.29, 0.717) is 5.92 Å². The fourth-order valence-electron chi connectivity index (χ4n) is 1.58. The van der Waals surface area contributed by atoms with E-state index in [9.17, 15) is 0 Å². The van der Waals surface area contributed by atoms with Crippen LogP contribution in [-0.2, 0) is 0 Å². The predicted molar refractivity (Wildman–Crippen MR) is 59.9 cm³/mol. The molecule has 0 nitrogen and oxygen atoms in total. The average molecular weight is 238 g/mol. The van der Waals surface area contributed by atoms with E-state index in [1.54, 1.807) is 0 Å². The molecule has 0 amide bonds. The van der Waals surface area contributed by atoms with Crippen LogP contribution >= 0.6 is 15.9 Å². The van der Waals surface area contributed by atoms with Crippen molar-refractivity contribution in [2.24, 2.45) is 0 Å². The maximum Gasteiger partial charge on any atom is 0.0210 e. The summed E-state index contributed by atoms with van der Waals surface area (Å²) in [7, 11) is 0. The van der Waals surface area contributed by atoms with Crippen LogP contribution in [0, 0.1) is 6.92 Å². The summed E-state index contributed by atoms with van der Waals surface area (Å²) in [5, 5.41) is 0. The molecule has 1 unspecified atom stereocenters. The van der Waals surface area contributed by atoms with Crippen LogP contribution in [0.15, 0.2) is 22.7 Å². The van der Waals surface area contributed by atoms with Crippen molar-refractivity contribution in [3.63, 3.8) is 0 Å². The van der Waals surface area contributed by atoms with Crippen molar-refractivity contribution in [2.45, 2.75) is 31.6 Å². The fourth-order valence-corrected chi connectivity index (χ4v) is 2.15. The maximum absolute atomic E-state index is 4.04. The number of hydrogen-bond donors (Lipinski definition) is 0. The zero-order valence-electron chi connectivity index (χ0n) is 7.89. The monoisotopic (exact) mass is 237 g/mol. The summed E-state index contributed by atoms with van der Waals surface area (Å²) in [6, 6.07) is 6.62. The minimum absolute atomic E-state index is 0.394. The Kier molecular flexibility index (Phi) is 2.46. The van der Waals surface area contributed by atoms with E-state index in [-0.39, 0.29) is 0 Å². The Morgan fingerprint density at radius 2 is 2.15 bits per heavy atom. The quantitative estimate of drug-likeness (QED) is 0.721. The molecule has 13 heavy (non-hydrogen) atoms. The molecule has 69 valence electrons. The number of benzene rings is 1. The lowest BCUT2D eigenvalue weighted by molar-refractivity contribution is 0.951. The number of hydrogen-bond acceptors (Lipinski definition) is 0. The molecular formula is C12H14Br. The largest absolute Gasteiger partial charge is 0.0584 e. The molecule has 1 aromatic carbocycles. The molecule has 0 spiro atoms. The molecule has 1 heteroatoms. The van der Waals surface area contributed by atoms with Crippen molar-refractivity contribution in [1.82, 2.24) is 0 Å². The van der Waals surface area contributed by atoms with Crippen LogP contribution in [0.1, 0.15) is 42.7 Å². The summed E-state index contributed by atoms with van der Waals surface area (Å²) in [6.45, 7) is 6.18. The third-order valence-corrected chi connectivity index (χ3v) is 3.33. The van der Waals surface area contributed by atoms with Gasteiger partial charge >= 0.3 is 0 Å². The first-order chi connectivity index (χ1) is 6.18. The van der Waals surface area contributed by atoms with Gasteiger partial charge in [0, 0.05) is 4.47 Å². The van der Waals surface area contributed by atoms with Gasteiger partial charge in [-0.05, 0) is 48.8 Å². The average Bonchev–Trinajstić information content (AvgIpc) is 2.87. The van der Waals surface area contributed by atoms with Gasteiger partial charge in [0.15, 0.2) is 0 Å². The highest BCUT2D eigenvalue weighted by atomic mass is 79.9. The molecule has 1 saturated carbocycles. The molecule has 1 fully saturated rings. The summed E-state index contributed by atoms with van der Waals surface area (Å²) in [5.74, 6) is 1.21. The minimum Gasteiger partial charge on any atom is -0.0584 e. The second kappa shape index (κ2) is 3.45. The van der Waals surface area contributed by atoms with Crippen LogP contribution in [0.4, 0.5) is 0 Å². The van der Waals surface area contributed by atoms with E-state index < -0.39 is 0 Å². The molecule has 1 aliphatic rings. The highest BCUT2D eigenvalue weighted by Gasteiger charge is 2.25. The van der Waals surface area contributed by atoms with E-state index in [2.05, 4.69) is 48.0 Å². The normalized spacial score (nSPS) is 16.6. The Bertz CT molecular complexity index is 311. The van der Waals surface area contributed by atoms with E-state index in [1.807, 2.05) is 0 Å². The smallest absolute Gasteiger partial charge is 0.0210 e. The highest BCUT2D eigenvalue weighted by molar-refractivity contribution is 9.10. The minimum atomic E-state index is 0.394. The van der Waals surface area contributed by atoms with Crippen LogP contribution in [0.2, 0.25) is 0 Å². The van der Waals surface area contributed by atoms with Crippen LogP contribution in [0.5, 0.6) is 0 Å². The van der Waals surface area contributed by atoms with Crippen molar-refractivity contribution in [3.8, 4) is 0 Å². The van der Waals surface area contributed by atoms with Crippen molar-refractivity contribution in [3.05, 3.63) is 40.7 Å². The van der Waals surface area contributed by atoms with Gasteiger partial charge in [-0.2, -0.15) is 0 Å². The van der Waals surface area contributed by atoms with Gasteiger partial charge in [0.2, 0.25) is 0 Å². The SMILES string of the molecule is [CH2]C(C)c1ccc(Br)c(C2CC2)c1. The van der Waals surface area contributed by atoms with Crippen molar-refractivity contribution < 1.29 is 0 Å². The fraction of sp³-hybridized carbons (Fsp3) is 0.417. The van der Waals surface area contributed by atoms with Gasteiger partial charge in [-0.3, -0.25) is 0 Å². The van der Waals surface area contributed by atoms with Gasteiger partial charge in [-0.15, -0.1) is 0 Å². The second-order valence-corrected chi connectivity index (χ2v) is 4.81. The number of rotatable bonds is 2. The van der Waals surface area contributed by atoms with Gasteiger partial charge in [0.1, 0.15) is 0 Å². The molecule has 1 aromatic rings. The molecule has 0 aromatic heterocycles. The number of halogens is 1. The Balaban J connectivity index is 2.36. The van der Waals surface area contributed by atoms with Crippen LogP contribution in [-0.4, -0.2) is 0 Å². The molecule has 0 aliphatic heterocycles. The molecule has 1 aliphatic carbocycles. The van der Waals surface area contributed by atoms with E-state index in [1.165, 1.54) is 28.4 Å². The third-order valence-electron chi connectivity index (χ3n) is 2.61. The Morgan fingerprint density at radius 1 is 1.46 bits per heavy atom. The lowest BCUT2D eigenvalue weighted by Crippen LogP contribution is -1.90. The van der Waals surface area contributed by atoms with Gasteiger partial charge in [-0.25, -0.2) is 0 Å². The van der Waals surface area contributed by atoms with E-state index >= 15 is 0 Å². The van der Waals surface area contributed by atoms with Gasteiger partial charge in [0.25, 0.3) is 0 Å². The summed E-state index contributed by atoms with van der Waals surface area (Å²) >= 11 is 3.60. The van der Waals surface area contributed by atoms with Gasteiger partial charge in [-0.1, -0.05) is 35.0 Å². The summed E-state index contributed by atoms with van der Waals surface area (Å²) in [4.78, 5) is 0. The molecular weight excluding hydrogens is 224 g/mol. The lowest BCUT2D eigenvalue weighted by Gasteiger charge is -2.09. The Labute approximate surface area is 88.5 Å². The molecule has 1 atom stereocenters. The molecule has 1 radical (unpaired) electrons. The first kappa shape index (κ1) is 9.26. The standard InChI is InChI=1S/C12H14Br/c1-8(2)10-5-6-12(13)11(7-10)9-3-4-9/h5-9H,1,3-4H2,2H3. The zero-order valence-corrected chi connectivity index (χ0v) is 9.47. The maximum atomic E-state index is 4.04. The Hall–Kier alpha value is -0.300. The molecule has 0 N–H and O–H groups in total. The summed E-state index contributed by atoms with van der Waals surface area (Å²) in [6.07, 6.45) is 2.71. The van der Waals surface area contributed by atoms with Gasteiger partial charge in [0.05, 0.1) is 0 Å². The lowest BCUT2D eigenvalue weighted by atomic mass is 9.99. The molecule has 0 heterocycles. The van der Waals surface area contributed by atoms with E-state index in [4.69, 9.17) is 0 Å². The first-order valence-electron chi connectivity index (χ1n) is 4.81. The first-order valence-corrected chi connectivity index (χ1v) is 5.60. The Morgan fingerprint density at radius 3 is 2.69 bits per heavy atom. The highest BCUT2D eigenvalue weighted by Crippen LogP contribution is 2.43. The zero-order chi connectivity index (χ0) is 9.42. The van der Waals surface area contributed by atoms with Crippen molar-refractivity contribution in [2.75, 3.05) is 0 Å². The summed E-state index contributed by atoms with van der Waals surface area (Å²) in [5.41, 5.74) is 2.83. The van der Waals surface area contributed by atoms with Gasteiger partial charge < -0.3 is 0 Å². The van der Waals surface area contributed by atoms with E-state index in [0.717, 1.165) is 5.92 Å². The second-order valence-electron chi connectivity index (χ2n) is 3.96. The molecule has 2 rings (SSSR count). The van der Waals surface area contributed by atoms with Crippen molar-refractivity contribution >= 4 is 15.9 Å². The summed E-state index contributed by atoms with van der Waals surface area (Å²) < 4.78 is 1.26. The topological polar surface area (TPSA) is 0 Å². The van der Waals surface area contributed by atoms with Crippen LogP contribution < -0.4 is 0 Å². The van der Waals surface area contributed by atoms with Crippen LogP contribution in [0.25, 0.3) is 0 Å². The molecule has 0 bridgehead atoms. The van der Waals surface area contributed by atoms with Crippen LogP contribution in [0.3, 0.4) is 0 Å².